The van der Waals surface area contributed by atoms with E-state index in [4.69, 9.17) is 0 Å². The Hall–Kier alpha value is -1.32. The number of hydrogen-bond acceptors (Lipinski definition) is 2. The zero-order valence-corrected chi connectivity index (χ0v) is 12.4. The van der Waals surface area contributed by atoms with Crippen molar-refractivity contribution in [3.63, 3.8) is 0 Å². The Bertz CT molecular complexity index is 597. The number of benzene rings is 2. The van der Waals surface area contributed by atoms with Crippen LogP contribution in [0.5, 0.6) is 5.75 Å². The molecule has 0 saturated heterocycles. The molecule has 1 heterocycles. The number of likely N-dealkylation sites (N-methyl/N-ethyl adjacent to an activating group) is 1. The van der Waals surface area contributed by atoms with Gasteiger partial charge >= 0.3 is 0 Å². The van der Waals surface area contributed by atoms with Gasteiger partial charge in [-0.1, -0.05) is 30.3 Å². The summed E-state index contributed by atoms with van der Waals surface area (Å²) < 4.78 is 0.780. The summed E-state index contributed by atoms with van der Waals surface area (Å²) in [5.41, 5.74) is 3.80. The fourth-order valence-electron chi connectivity index (χ4n) is 2.82. The zero-order chi connectivity index (χ0) is 13.4. The van der Waals surface area contributed by atoms with Crippen molar-refractivity contribution in [2.24, 2.45) is 0 Å². The van der Waals surface area contributed by atoms with Crippen LogP contribution in [-0.4, -0.2) is 23.6 Å². The van der Waals surface area contributed by atoms with E-state index < -0.39 is 0 Å². The molecule has 0 aliphatic carbocycles. The van der Waals surface area contributed by atoms with Crippen LogP contribution in [0.3, 0.4) is 0 Å². The predicted molar refractivity (Wildman–Crippen MR) is 80.4 cm³/mol. The monoisotopic (exact) mass is 317 g/mol. The summed E-state index contributed by atoms with van der Waals surface area (Å²) in [6.45, 7) is 1.03. The van der Waals surface area contributed by atoms with Crippen molar-refractivity contribution < 1.29 is 5.11 Å². The molecule has 0 amide bonds. The highest BCUT2D eigenvalue weighted by Gasteiger charge is 2.27. The summed E-state index contributed by atoms with van der Waals surface area (Å²) in [5.74, 6) is 0.315. The molecule has 1 N–H and O–H groups in total. The Kier molecular flexibility index (Phi) is 3.33. The second-order valence-electron chi connectivity index (χ2n) is 5.05. The van der Waals surface area contributed by atoms with E-state index in [0.717, 1.165) is 17.4 Å². The Morgan fingerprint density at radius 3 is 2.68 bits per heavy atom. The number of phenols is 1. The van der Waals surface area contributed by atoms with Gasteiger partial charge in [-0.2, -0.15) is 0 Å². The first-order valence-electron chi connectivity index (χ1n) is 6.43. The lowest BCUT2D eigenvalue weighted by molar-refractivity contribution is 0.264. The molecule has 19 heavy (non-hydrogen) atoms. The summed E-state index contributed by atoms with van der Waals surface area (Å²) in [7, 11) is 2.14. The number of aromatic hydroxyl groups is 1. The highest BCUT2D eigenvalue weighted by molar-refractivity contribution is 9.10. The van der Waals surface area contributed by atoms with Crippen molar-refractivity contribution in [3.8, 4) is 5.75 Å². The van der Waals surface area contributed by atoms with Crippen molar-refractivity contribution in [2.75, 3.05) is 13.6 Å². The topological polar surface area (TPSA) is 23.5 Å². The average molecular weight is 318 g/mol. The highest BCUT2D eigenvalue weighted by Crippen LogP contribution is 2.38. The van der Waals surface area contributed by atoms with Gasteiger partial charge in [-0.15, -0.1) is 0 Å². The van der Waals surface area contributed by atoms with E-state index in [1.54, 1.807) is 0 Å². The first-order chi connectivity index (χ1) is 9.16. The van der Waals surface area contributed by atoms with Gasteiger partial charge in [-0.25, -0.2) is 0 Å². The maximum absolute atomic E-state index is 9.96. The van der Waals surface area contributed by atoms with E-state index in [0.29, 0.717) is 5.75 Å². The Morgan fingerprint density at radius 1 is 1.21 bits per heavy atom. The van der Waals surface area contributed by atoms with Crippen LogP contribution in [-0.2, 0) is 6.42 Å². The molecule has 1 aliphatic heterocycles. The molecule has 0 radical (unpaired) electrons. The van der Waals surface area contributed by atoms with Crippen molar-refractivity contribution in [1.82, 2.24) is 4.90 Å². The number of hydrogen-bond donors (Lipinski definition) is 1. The lowest BCUT2D eigenvalue weighted by Crippen LogP contribution is -2.32. The summed E-state index contributed by atoms with van der Waals surface area (Å²) in [6.07, 6.45) is 1.02. The third-order valence-electron chi connectivity index (χ3n) is 3.79. The maximum Gasteiger partial charge on any atom is 0.130 e. The molecule has 0 bridgehead atoms. The minimum Gasteiger partial charge on any atom is -0.507 e. The molecule has 1 atom stereocenters. The standard InChI is InChI=1S/C16H16BrNO/c1-18-8-7-12-9-14(17)15(19)10-13(12)16(18)11-5-3-2-4-6-11/h2-6,9-10,16,19H,7-8H2,1H3/t16-/m1/s1. The van der Waals surface area contributed by atoms with Gasteiger partial charge in [0.15, 0.2) is 0 Å². The smallest absolute Gasteiger partial charge is 0.130 e. The van der Waals surface area contributed by atoms with Crippen molar-refractivity contribution in [3.05, 3.63) is 63.6 Å². The number of fused-ring (bicyclic) bond motifs is 1. The minimum atomic E-state index is 0.226. The Morgan fingerprint density at radius 2 is 1.95 bits per heavy atom. The largest absolute Gasteiger partial charge is 0.507 e. The first-order valence-corrected chi connectivity index (χ1v) is 7.22. The van der Waals surface area contributed by atoms with Gasteiger partial charge in [-0.3, -0.25) is 4.90 Å². The summed E-state index contributed by atoms with van der Waals surface area (Å²) >= 11 is 3.40. The van der Waals surface area contributed by atoms with Gasteiger partial charge in [0.1, 0.15) is 5.75 Å². The highest BCUT2D eigenvalue weighted by atomic mass is 79.9. The molecule has 0 fully saturated rings. The van der Waals surface area contributed by atoms with Crippen LogP contribution in [0.1, 0.15) is 22.7 Å². The van der Waals surface area contributed by atoms with Crippen LogP contribution >= 0.6 is 15.9 Å². The molecule has 2 aromatic carbocycles. The van der Waals surface area contributed by atoms with E-state index in [1.807, 2.05) is 18.2 Å². The lowest BCUT2D eigenvalue weighted by atomic mass is 9.88. The van der Waals surface area contributed by atoms with Gasteiger partial charge in [0.05, 0.1) is 10.5 Å². The van der Waals surface area contributed by atoms with E-state index in [2.05, 4.69) is 52.1 Å². The number of halogens is 1. The second-order valence-corrected chi connectivity index (χ2v) is 5.90. The maximum atomic E-state index is 9.96. The normalized spacial score (nSPS) is 19.2. The summed E-state index contributed by atoms with van der Waals surface area (Å²) in [6, 6.07) is 14.6. The number of nitrogens with zero attached hydrogens (tertiary/aromatic N) is 1. The van der Waals surface area contributed by atoms with Crippen LogP contribution in [0.25, 0.3) is 0 Å². The third-order valence-corrected chi connectivity index (χ3v) is 4.43. The molecule has 2 nitrogen and oxygen atoms in total. The Labute approximate surface area is 121 Å². The Balaban J connectivity index is 2.14. The molecule has 98 valence electrons. The molecule has 0 spiro atoms. The molecular weight excluding hydrogens is 302 g/mol. The van der Waals surface area contributed by atoms with Crippen molar-refractivity contribution in [2.45, 2.75) is 12.5 Å². The predicted octanol–water partition coefficient (Wildman–Crippen LogP) is 3.73. The third kappa shape index (κ3) is 2.28. The van der Waals surface area contributed by atoms with Crippen molar-refractivity contribution >= 4 is 15.9 Å². The van der Waals surface area contributed by atoms with Gasteiger partial charge in [-0.05, 0) is 58.2 Å². The van der Waals surface area contributed by atoms with Crippen LogP contribution in [0, 0.1) is 0 Å². The lowest BCUT2D eigenvalue weighted by Gasteiger charge is -2.35. The van der Waals surface area contributed by atoms with E-state index in [1.165, 1.54) is 16.7 Å². The van der Waals surface area contributed by atoms with Gasteiger partial charge in [0.2, 0.25) is 0 Å². The van der Waals surface area contributed by atoms with Crippen LogP contribution in [0.4, 0.5) is 0 Å². The average Bonchev–Trinajstić information content (AvgIpc) is 2.42. The molecule has 3 rings (SSSR count). The molecular formula is C16H16BrNO. The van der Waals surface area contributed by atoms with E-state index in [9.17, 15) is 5.11 Å². The van der Waals surface area contributed by atoms with Gasteiger partial charge in [0.25, 0.3) is 0 Å². The quantitative estimate of drug-likeness (QED) is 0.866. The fourth-order valence-corrected chi connectivity index (χ4v) is 3.21. The summed E-state index contributed by atoms with van der Waals surface area (Å²) in [5, 5.41) is 9.96. The summed E-state index contributed by atoms with van der Waals surface area (Å²) in [4.78, 5) is 2.34. The van der Waals surface area contributed by atoms with Crippen LogP contribution < -0.4 is 0 Å². The fraction of sp³-hybridized carbons (Fsp3) is 0.250. The zero-order valence-electron chi connectivity index (χ0n) is 10.8. The molecule has 0 saturated carbocycles. The molecule has 0 unspecified atom stereocenters. The minimum absolute atomic E-state index is 0.226. The van der Waals surface area contributed by atoms with Gasteiger partial charge in [0, 0.05) is 6.54 Å². The number of phenolic OH excluding ortho intramolecular Hbond substituents is 1. The molecule has 0 aromatic heterocycles. The van der Waals surface area contributed by atoms with Crippen LogP contribution in [0.15, 0.2) is 46.9 Å². The number of rotatable bonds is 1. The molecule has 3 heteroatoms. The molecule has 2 aromatic rings. The van der Waals surface area contributed by atoms with Crippen molar-refractivity contribution in [1.29, 1.82) is 0 Å². The molecule has 1 aliphatic rings. The van der Waals surface area contributed by atoms with Gasteiger partial charge < -0.3 is 5.11 Å². The SMILES string of the molecule is CN1CCc2cc(Br)c(O)cc2[C@H]1c1ccccc1. The second kappa shape index (κ2) is 4.99. The van der Waals surface area contributed by atoms with Crippen LogP contribution in [0.2, 0.25) is 0 Å². The van der Waals surface area contributed by atoms with E-state index >= 15 is 0 Å². The first kappa shape index (κ1) is 12.7. The van der Waals surface area contributed by atoms with E-state index in [-0.39, 0.29) is 6.04 Å².